The molecule has 0 unspecified atom stereocenters. The third-order valence-electron chi connectivity index (χ3n) is 10.7. The van der Waals surface area contributed by atoms with Crippen LogP contribution in [0.5, 0.6) is 0 Å². The predicted octanol–water partition coefficient (Wildman–Crippen LogP) is 13.2. The number of rotatable bonds is 6. The van der Waals surface area contributed by atoms with Gasteiger partial charge in [-0.2, -0.15) is 0 Å². The minimum Gasteiger partial charge on any atom is -0.456 e. The molecule has 0 amide bonds. The SMILES string of the molecule is c1ccc(-c2nc(-c3ccccc3)nc(-c3ccc4oc5cc(-c6ccc(-c7ccc8c(c7)c7ccccc7n8-c7ccccc7)cc6)ccc5c4c3)n2)cc1. The van der Waals surface area contributed by atoms with Crippen LogP contribution in [0.1, 0.15) is 0 Å². The van der Waals surface area contributed by atoms with Crippen molar-refractivity contribution >= 4 is 43.7 Å². The van der Waals surface area contributed by atoms with Crippen LogP contribution in [0.3, 0.4) is 0 Å². The van der Waals surface area contributed by atoms with Crippen molar-refractivity contribution in [3.05, 3.63) is 194 Å². The molecule has 11 aromatic rings. The van der Waals surface area contributed by atoms with Gasteiger partial charge in [-0.15, -0.1) is 0 Å². The van der Waals surface area contributed by atoms with Crippen molar-refractivity contribution in [2.24, 2.45) is 0 Å². The molecule has 56 heavy (non-hydrogen) atoms. The molecule has 0 aliphatic rings. The zero-order valence-corrected chi connectivity index (χ0v) is 30.2. The summed E-state index contributed by atoms with van der Waals surface area (Å²) < 4.78 is 8.79. The van der Waals surface area contributed by atoms with Gasteiger partial charge in [0.15, 0.2) is 17.5 Å². The van der Waals surface area contributed by atoms with Gasteiger partial charge < -0.3 is 8.98 Å². The van der Waals surface area contributed by atoms with Crippen molar-refractivity contribution in [1.82, 2.24) is 19.5 Å². The lowest BCUT2D eigenvalue weighted by Crippen LogP contribution is -2.00. The fourth-order valence-electron chi connectivity index (χ4n) is 7.90. The van der Waals surface area contributed by atoms with E-state index in [-0.39, 0.29) is 0 Å². The topological polar surface area (TPSA) is 56.7 Å². The summed E-state index contributed by atoms with van der Waals surface area (Å²) in [6.45, 7) is 0. The predicted molar refractivity (Wildman–Crippen MR) is 229 cm³/mol. The Morgan fingerprint density at radius 1 is 0.304 bits per heavy atom. The maximum Gasteiger partial charge on any atom is 0.164 e. The summed E-state index contributed by atoms with van der Waals surface area (Å²) in [5.41, 5.74) is 12.6. The minimum absolute atomic E-state index is 0.617. The Hall–Kier alpha value is -7.63. The van der Waals surface area contributed by atoms with Crippen LogP contribution in [-0.2, 0) is 0 Å². The Labute approximate surface area is 322 Å². The average Bonchev–Trinajstić information content (AvgIpc) is 3.82. The van der Waals surface area contributed by atoms with Crippen LogP contribution in [0.25, 0.3) is 106 Å². The van der Waals surface area contributed by atoms with Crippen molar-refractivity contribution in [2.45, 2.75) is 0 Å². The molecule has 0 fully saturated rings. The van der Waals surface area contributed by atoms with E-state index in [1.54, 1.807) is 0 Å². The fourth-order valence-corrected chi connectivity index (χ4v) is 7.90. The van der Waals surface area contributed by atoms with Crippen molar-refractivity contribution in [3.8, 4) is 62.1 Å². The largest absolute Gasteiger partial charge is 0.456 e. The summed E-state index contributed by atoms with van der Waals surface area (Å²) in [6.07, 6.45) is 0. The van der Waals surface area contributed by atoms with Gasteiger partial charge in [-0.3, -0.25) is 0 Å². The number of para-hydroxylation sites is 2. The molecule has 3 heterocycles. The van der Waals surface area contributed by atoms with Gasteiger partial charge in [-0.05, 0) is 82.9 Å². The van der Waals surface area contributed by atoms with Crippen molar-refractivity contribution in [2.75, 3.05) is 0 Å². The maximum atomic E-state index is 6.44. The lowest BCUT2D eigenvalue weighted by molar-refractivity contribution is 0.669. The Morgan fingerprint density at radius 3 is 1.48 bits per heavy atom. The minimum atomic E-state index is 0.617. The van der Waals surface area contributed by atoms with E-state index in [9.17, 15) is 0 Å². The van der Waals surface area contributed by atoms with Crippen molar-refractivity contribution in [3.63, 3.8) is 0 Å². The highest BCUT2D eigenvalue weighted by Gasteiger charge is 2.16. The van der Waals surface area contributed by atoms with Gasteiger partial charge in [0, 0.05) is 43.9 Å². The van der Waals surface area contributed by atoms with Crippen LogP contribution < -0.4 is 0 Å². The van der Waals surface area contributed by atoms with Gasteiger partial charge in [-0.25, -0.2) is 15.0 Å². The molecule has 0 saturated carbocycles. The van der Waals surface area contributed by atoms with Gasteiger partial charge in [-0.1, -0.05) is 133 Å². The number of fused-ring (bicyclic) bond motifs is 6. The molecule has 0 aliphatic heterocycles. The van der Waals surface area contributed by atoms with Gasteiger partial charge >= 0.3 is 0 Å². The first-order valence-corrected chi connectivity index (χ1v) is 18.8. The third kappa shape index (κ3) is 5.45. The average molecular weight is 717 g/mol. The normalized spacial score (nSPS) is 11.6. The fraction of sp³-hybridized carbons (Fsp3) is 0. The molecular formula is C51H32N4O. The number of nitrogens with zero attached hydrogens (tertiary/aromatic N) is 4. The van der Waals surface area contributed by atoms with E-state index in [1.165, 1.54) is 32.9 Å². The molecule has 0 N–H and O–H groups in total. The molecule has 8 aromatic carbocycles. The van der Waals surface area contributed by atoms with Gasteiger partial charge in [0.1, 0.15) is 11.2 Å². The molecule has 0 saturated heterocycles. The van der Waals surface area contributed by atoms with E-state index in [0.717, 1.165) is 55.4 Å². The summed E-state index contributed by atoms with van der Waals surface area (Å²) in [5.74, 6) is 1.89. The second kappa shape index (κ2) is 13.0. The van der Waals surface area contributed by atoms with Crippen LogP contribution in [0.15, 0.2) is 199 Å². The van der Waals surface area contributed by atoms with Crippen LogP contribution in [0.4, 0.5) is 0 Å². The standard InChI is InChI=1S/C51H32N4O/c1-4-12-35(13-5-1)49-52-50(36-14-6-2-7-15-36)54-51(53-49)39-26-29-47-44(31-39)42-27-24-38(32-48(42)56-47)34-22-20-33(21-23-34)37-25-28-46-43(30-37)41-18-10-11-19-45(41)55(46)40-16-8-3-9-17-40/h1-32H. The van der Waals surface area contributed by atoms with Crippen LogP contribution in [0, 0.1) is 0 Å². The first kappa shape index (κ1) is 31.9. The quantitative estimate of drug-likeness (QED) is 0.172. The van der Waals surface area contributed by atoms with E-state index in [1.807, 2.05) is 72.8 Å². The lowest BCUT2D eigenvalue weighted by Gasteiger charge is -2.08. The molecular weight excluding hydrogens is 685 g/mol. The number of hydrogen-bond acceptors (Lipinski definition) is 4. The van der Waals surface area contributed by atoms with Crippen LogP contribution >= 0.6 is 0 Å². The number of benzene rings is 8. The monoisotopic (exact) mass is 716 g/mol. The van der Waals surface area contributed by atoms with Crippen molar-refractivity contribution < 1.29 is 4.42 Å². The second-order valence-electron chi connectivity index (χ2n) is 14.1. The molecule has 3 aromatic heterocycles. The Kier molecular flexibility index (Phi) is 7.42. The molecule has 5 nitrogen and oxygen atoms in total. The molecule has 0 spiro atoms. The molecule has 0 radical (unpaired) electrons. The Balaban J connectivity index is 0.931. The molecule has 0 aliphatic carbocycles. The first-order valence-electron chi connectivity index (χ1n) is 18.8. The summed E-state index contributed by atoms with van der Waals surface area (Å²) in [6, 6.07) is 67.6. The van der Waals surface area contributed by atoms with E-state index in [0.29, 0.717) is 17.5 Å². The highest BCUT2D eigenvalue weighted by atomic mass is 16.3. The molecule has 0 atom stereocenters. The molecule has 5 heteroatoms. The Bertz CT molecular complexity index is 3160. The zero-order chi connectivity index (χ0) is 37.0. The number of aromatic nitrogens is 4. The number of furan rings is 1. The van der Waals surface area contributed by atoms with Gasteiger partial charge in [0.05, 0.1) is 11.0 Å². The van der Waals surface area contributed by atoms with Crippen molar-refractivity contribution in [1.29, 1.82) is 0 Å². The van der Waals surface area contributed by atoms with E-state index < -0.39 is 0 Å². The van der Waals surface area contributed by atoms with E-state index >= 15 is 0 Å². The number of hydrogen-bond donors (Lipinski definition) is 0. The first-order chi connectivity index (χ1) is 27.7. The molecule has 11 rings (SSSR count). The van der Waals surface area contributed by atoms with E-state index in [4.69, 9.17) is 19.4 Å². The van der Waals surface area contributed by atoms with E-state index in [2.05, 4.69) is 126 Å². The highest BCUT2D eigenvalue weighted by Crippen LogP contribution is 2.37. The summed E-state index contributed by atoms with van der Waals surface area (Å²) in [5, 5.41) is 4.56. The zero-order valence-electron chi connectivity index (χ0n) is 30.2. The second-order valence-corrected chi connectivity index (χ2v) is 14.1. The summed E-state index contributed by atoms with van der Waals surface area (Å²) >= 11 is 0. The molecule has 0 bridgehead atoms. The summed E-state index contributed by atoms with van der Waals surface area (Å²) in [7, 11) is 0. The maximum absolute atomic E-state index is 6.44. The lowest BCUT2D eigenvalue weighted by atomic mass is 9.98. The highest BCUT2D eigenvalue weighted by molar-refractivity contribution is 6.10. The molecule has 262 valence electrons. The van der Waals surface area contributed by atoms with Crippen LogP contribution in [-0.4, -0.2) is 19.5 Å². The van der Waals surface area contributed by atoms with Crippen LogP contribution in [0.2, 0.25) is 0 Å². The third-order valence-corrected chi connectivity index (χ3v) is 10.7. The van der Waals surface area contributed by atoms with Gasteiger partial charge in [0.25, 0.3) is 0 Å². The summed E-state index contributed by atoms with van der Waals surface area (Å²) in [4.78, 5) is 14.7. The smallest absolute Gasteiger partial charge is 0.164 e. The van der Waals surface area contributed by atoms with Gasteiger partial charge in [0.2, 0.25) is 0 Å². The Morgan fingerprint density at radius 2 is 0.804 bits per heavy atom.